The van der Waals surface area contributed by atoms with Crippen molar-refractivity contribution in [3.05, 3.63) is 48.5 Å². The van der Waals surface area contributed by atoms with Gasteiger partial charge in [0, 0.05) is 6.07 Å². The van der Waals surface area contributed by atoms with E-state index in [1.165, 1.54) is 19.2 Å². The highest BCUT2D eigenvalue weighted by atomic mass is 19.4. The molecular weight excluding hydrogens is 273 g/mol. The predicted octanol–water partition coefficient (Wildman–Crippen LogP) is 4.19. The fraction of sp³-hybridized carbons (Fsp3) is 0.143. The number of rotatable bonds is 4. The maximum Gasteiger partial charge on any atom is 0.573 e. The summed E-state index contributed by atoms with van der Waals surface area (Å²) < 4.78 is 51.0. The van der Waals surface area contributed by atoms with E-state index < -0.39 is 12.1 Å². The van der Waals surface area contributed by atoms with Crippen molar-refractivity contribution in [2.75, 3.05) is 7.11 Å². The first-order valence-corrected chi connectivity index (χ1v) is 5.56. The molecule has 1 radical (unpaired) electrons. The number of alkyl halides is 3. The Morgan fingerprint density at radius 1 is 1.05 bits per heavy atom. The molecule has 0 aliphatic rings. The Bertz CT molecular complexity index is 568. The molecule has 20 heavy (non-hydrogen) atoms. The lowest BCUT2D eigenvalue weighted by molar-refractivity contribution is -0.275. The van der Waals surface area contributed by atoms with E-state index in [-0.39, 0.29) is 11.5 Å². The molecule has 0 aliphatic carbocycles. The van der Waals surface area contributed by atoms with Gasteiger partial charge < -0.3 is 14.2 Å². The fourth-order valence-electron chi connectivity index (χ4n) is 1.50. The van der Waals surface area contributed by atoms with Crippen LogP contribution in [0.2, 0.25) is 0 Å². The maximum absolute atomic E-state index is 12.3. The molecule has 0 atom stereocenters. The van der Waals surface area contributed by atoms with Gasteiger partial charge in [-0.2, -0.15) is 0 Å². The number of halogens is 3. The van der Waals surface area contributed by atoms with Gasteiger partial charge in [0.05, 0.1) is 7.11 Å². The highest BCUT2D eigenvalue weighted by Crippen LogP contribution is 2.36. The smallest absolute Gasteiger partial charge is 0.493 e. The minimum Gasteiger partial charge on any atom is -0.493 e. The summed E-state index contributed by atoms with van der Waals surface area (Å²) in [5.74, 6) is 0.159. The van der Waals surface area contributed by atoms with Gasteiger partial charge in [0.25, 0.3) is 0 Å². The van der Waals surface area contributed by atoms with Gasteiger partial charge in [0.1, 0.15) is 11.5 Å². The molecule has 6 heteroatoms. The van der Waals surface area contributed by atoms with Crippen LogP contribution in [0.25, 0.3) is 0 Å². The van der Waals surface area contributed by atoms with Crippen LogP contribution in [0, 0.1) is 6.07 Å². The average molecular weight is 283 g/mol. The van der Waals surface area contributed by atoms with Gasteiger partial charge in [-0.15, -0.1) is 13.2 Å². The van der Waals surface area contributed by atoms with Crippen molar-refractivity contribution < 1.29 is 27.4 Å². The molecule has 2 rings (SSSR count). The van der Waals surface area contributed by atoms with Crippen LogP contribution in [-0.2, 0) is 0 Å². The number of hydrogen-bond donors (Lipinski definition) is 0. The lowest BCUT2D eigenvalue weighted by atomic mass is 10.3. The van der Waals surface area contributed by atoms with Crippen molar-refractivity contribution >= 4 is 0 Å². The van der Waals surface area contributed by atoms with Gasteiger partial charge >= 0.3 is 6.36 Å². The van der Waals surface area contributed by atoms with Gasteiger partial charge in [-0.1, -0.05) is 12.1 Å². The zero-order valence-corrected chi connectivity index (χ0v) is 10.4. The van der Waals surface area contributed by atoms with Crippen molar-refractivity contribution in [3.63, 3.8) is 0 Å². The Morgan fingerprint density at radius 3 is 2.45 bits per heavy atom. The third-order valence-corrected chi connectivity index (χ3v) is 2.28. The van der Waals surface area contributed by atoms with Gasteiger partial charge in [0.15, 0.2) is 11.5 Å². The molecule has 0 aliphatic heterocycles. The Morgan fingerprint density at radius 2 is 1.85 bits per heavy atom. The minimum absolute atomic E-state index is 0.0331. The van der Waals surface area contributed by atoms with Gasteiger partial charge in [0.2, 0.25) is 0 Å². The second-order valence-corrected chi connectivity index (χ2v) is 3.70. The predicted molar refractivity (Wildman–Crippen MR) is 65.0 cm³/mol. The van der Waals surface area contributed by atoms with Crippen molar-refractivity contribution in [1.29, 1.82) is 0 Å². The summed E-state index contributed by atoms with van der Waals surface area (Å²) in [7, 11) is 1.26. The number of methoxy groups -OCH3 is 1. The summed E-state index contributed by atoms with van der Waals surface area (Å²) in [5.41, 5.74) is 0. The van der Waals surface area contributed by atoms with Gasteiger partial charge in [-0.05, 0) is 30.3 Å². The quantitative estimate of drug-likeness (QED) is 0.842. The van der Waals surface area contributed by atoms with Crippen molar-refractivity contribution in [1.82, 2.24) is 0 Å². The van der Waals surface area contributed by atoms with E-state index in [1.54, 1.807) is 24.3 Å². The Labute approximate surface area is 113 Å². The SMILES string of the molecule is COc1ccc(Oc2c[c]ccc2)cc1OC(F)(F)F. The lowest BCUT2D eigenvalue weighted by Gasteiger charge is -2.14. The summed E-state index contributed by atoms with van der Waals surface area (Å²) in [6.07, 6.45) is -4.80. The molecule has 0 fully saturated rings. The monoisotopic (exact) mass is 283 g/mol. The van der Waals surface area contributed by atoms with Gasteiger partial charge in [-0.3, -0.25) is 0 Å². The second kappa shape index (κ2) is 5.73. The molecule has 0 bridgehead atoms. The number of benzene rings is 2. The van der Waals surface area contributed by atoms with Crippen molar-refractivity contribution in [3.8, 4) is 23.0 Å². The zero-order chi connectivity index (χ0) is 14.6. The Kier molecular flexibility index (Phi) is 4.02. The molecule has 0 saturated heterocycles. The van der Waals surface area contributed by atoms with E-state index in [1.807, 2.05) is 0 Å². The molecular formula is C14H10F3O3. The van der Waals surface area contributed by atoms with E-state index in [2.05, 4.69) is 10.8 Å². The molecule has 0 saturated carbocycles. The summed E-state index contributed by atoms with van der Waals surface area (Å²) in [6.45, 7) is 0. The Balaban J connectivity index is 2.25. The molecule has 2 aromatic rings. The van der Waals surface area contributed by atoms with Crippen LogP contribution in [-0.4, -0.2) is 13.5 Å². The first kappa shape index (κ1) is 14.0. The molecule has 3 nitrogen and oxygen atoms in total. The standard InChI is InChI=1S/C14H10F3O3/c1-18-12-8-7-11(9-13(12)20-14(15,16)17)19-10-5-3-2-4-6-10/h2-3,5-9H,1H3. The normalized spacial score (nSPS) is 11.0. The average Bonchev–Trinajstić information content (AvgIpc) is 2.38. The summed E-state index contributed by atoms with van der Waals surface area (Å²) in [6, 6.07) is 13.3. The molecule has 0 spiro atoms. The van der Waals surface area contributed by atoms with Crippen LogP contribution in [0.1, 0.15) is 0 Å². The number of ether oxygens (including phenoxy) is 3. The van der Waals surface area contributed by atoms with Crippen LogP contribution in [0.5, 0.6) is 23.0 Å². The molecule has 105 valence electrons. The van der Waals surface area contributed by atoms with Crippen LogP contribution in [0.15, 0.2) is 42.5 Å². The number of hydrogen-bond acceptors (Lipinski definition) is 3. The van der Waals surface area contributed by atoms with Crippen LogP contribution in [0.3, 0.4) is 0 Å². The summed E-state index contributed by atoms with van der Waals surface area (Å²) >= 11 is 0. The van der Waals surface area contributed by atoms with E-state index in [9.17, 15) is 13.2 Å². The summed E-state index contributed by atoms with van der Waals surface area (Å²) in [5, 5.41) is 0. The maximum atomic E-state index is 12.3. The van der Waals surface area contributed by atoms with E-state index >= 15 is 0 Å². The molecule has 0 heterocycles. The first-order valence-electron chi connectivity index (χ1n) is 5.56. The first-order chi connectivity index (χ1) is 9.48. The zero-order valence-electron chi connectivity index (χ0n) is 10.4. The van der Waals surface area contributed by atoms with Crippen molar-refractivity contribution in [2.45, 2.75) is 6.36 Å². The second-order valence-electron chi connectivity index (χ2n) is 3.70. The van der Waals surface area contributed by atoms with E-state index in [0.29, 0.717) is 5.75 Å². The molecule has 0 amide bonds. The van der Waals surface area contributed by atoms with E-state index in [4.69, 9.17) is 9.47 Å². The third kappa shape index (κ3) is 3.81. The largest absolute Gasteiger partial charge is 0.573 e. The Hall–Kier alpha value is -2.37. The summed E-state index contributed by atoms with van der Waals surface area (Å²) in [4.78, 5) is 0. The fourth-order valence-corrected chi connectivity index (χ4v) is 1.50. The third-order valence-electron chi connectivity index (χ3n) is 2.28. The molecule has 0 aromatic heterocycles. The minimum atomic E-state index is -4.80. The molecule has 2 aromatic carbocycles. The lowest BCUT2D eigenvalue weighted by Crippen LogP contribution is -2.17. The topological polar surface area (TPSA) is 27.7 Å². The van der Waals surface area contributed by atoms with Crippen LogP contribution in [0.4, 0.5) is 13.2 Å². The van der Waals surface area contributed by atoms with Crippen LogP contribution >= 0.6 is 0 Å². The van der Waals surface area contributed by atoms with Crippen LogP contribution < -0.4 is 14.2 Å². The van der Waals surface area contributed by atoms with Gasteiger partial charge in [-0.25, -0.2) is 0 Å². The van der Waals surface area contributed by atoms with Crippen molar-refractivity contribution in [2.24, 2.45) is 0 Å². The molecule has 0 unspecified atom stereocenters. The highest BCUT2D eigenvalue weighted by Gasteiger charge is 2.32. The van der Waals surface area contributed by atoms with E-state index in [0.717, 1.165) is 6.07 Å². The molecule has 0 N–H and O–H groups in total. The highest BCUT2D eigenvalue weighted by molar-refractivity contribution is 5.46.